The van der Waals surface area contributed by atoms with Gasteiger partial charge >= 0.3 is 0 Å². The molecule has 1 unspecified atom stereocenters. The van der Waals surface area contributed by atoms with Crippen molar-refractivity contribution in [1.82, 2.24) is 9.88 Å². The molecule has 1 saturated heterocycles. The summed E-state index contributed by atoms with van der Waals surface area (Å²) in [6.45, 7) is 12.0. The molecule has 1 aromatic heterocycles. The summed E-state index contributed by atoms with van der Waals surface area (Å²) >= 11 is 1.77. The van der Waals surface area contributed by atoms with Crippen LogP contribution in [-0.4, -0.2) is 36.1 Å². The third kappa shape index (κ3) is 4.72. The summed E-state index contributed by atoms with van der Waals surface area (Å²) in [6, 6.07) is 10.5. The minimum absolute atomic E-state index is 0.452. The fourth-order valence-corrected chi connectivity index (χ4v) is 5.18. The summed E-state index contributed by atoms with van der Waals surface area (Å²) in [6.07, 6.45) is 7.48. The molecule has 0 bridgehead atoms. The van der Waals surface area contributed by atoms with Gasteiger partial charge in [-0.15, -0.1) is 0 Å². The highest BCUT2D eigenvalue weighted by molar-refractivity contribution is 7.18. The molecule has 0 amide bonds. The van der Waals surface area contributed by atoms with E-state index in [4.69, 9.17) is 0 Å². The van der Waals surface area contributed by atoms with Gasteiger partial charge in [0.15, 0.2) is 5.13 Å². The highest BCUT2D eigenvalue weighted by Gasteiger charge is 2.54. The number of rotatable bonds is 6. The normalized spacial score (nSPS) is 22.1. The first-order valence-electron chi connectivity index (χ1n) is 10.4. The van der Waals surface area contributed by atoms with Crippen molar-refractivity contribution in [3.8, 4) is 10.4 Å². The standard InChI is InChI=1S/C23H33N3S/c1-22(2,3)9-12-26-13-10-23(11-14-26)15-19(23)16-24-21-25-17-20(27-21)18-7-5-4-6-8-18/h4-8,17,19H,9-16H2,1-3H3,(H,24,25). The molecule has 4 rings (SSSR count). The van der Waals surface area contributed by atoms with Crippen LogP contribution in [0.5, 0.6) is 0 Å². The zero-order valence-electron chi connectivity index (χ0n) is 17.0. The molecule has 1 N–H and O–H groups in total. The van der Waals surface area contributed by atoms with Gasteiger partial charge in [-0.1, -0.05) is 62.4 Å². The van der Waals surface area contributed by atoms with E-state index in [1.807, 2.05) is 6.20 Å². The van der Waals surface area contributed by atoms with Crippen LogP contribution in [0.25, 0.3) is 10.4 Å². The fourth-order valence-electron chi connectivity index (χ4n) is 4.35. The van der Waals surface area contributed by atoms with Crippen LogP contribution in [0.1, 0.15) is 46.5 Å². The van der Waals surface area contributed by atoms with E-state index in [0.29, 0.717) is 10.8 Å². The quantitative estimate of drug-likeness (QED) is 0.687. The van der Waals surface area contributed by atoms with Crippen molar-refractivity contribution in [2.24, 2.45) is 16.7 Å². The van der Waals surface area contributed by atoms with Crippen LogP contribution in [0.15, 0.2) is 36.5 Å². The lowest BCUT2D eigenvalue weighted by molar-refractivity contribution is 0.147. The van der Waals surface area contributed by atoms with Gasteiger partial charge in [-0.3, -0.25) is 0 Å². The molecule has 2 aromatic rings. The van der Waals surface area contributed by atoms with E-state index in [1.54, 1.807) is 11.3 Å². The molecule has 2 aliphatic rings. The van der Waals surface area contributed by atoms with Crippen molar-refractivity contribution in [2.75, 3.05) is 31.5 Å². The molecule has 27 heavy (non-hydrogen) atoms. The number of likely N-dealkylation sites (tertiary alicyclic amines) is 1. The lowest BCUT2D eigenvalue weighted by Crippen LogP contribution is -2.37. The Kier molecular flexibility index (Phi) is 5.30. The van der Waals surface area contributed by atoms with Crippen LogP contribution >= 0.6 is 11.3 Å². The number of anilines is 1. The Morgan fingerprint density at radius 3 is 2.63 bits per heavy atom. The number of aromatic nitrogens is 1. The number of hydrogen-bond acceptors (Lipinski definition) is 4. The van der Waals surface area contributed by atoms with Crippen LogP contribution in [0.4, 0.5) is 5.13 Å². The third-order valence-electron chi connectivity index (χ3n) is 6.45. The summed E-state index contributed by atoms with van der Waals surface area (Å²) in [4.78, 5) is 8.52. The zero-order valence-corrected chi connectivity index (χ0v) is 17.8. The molecule has 146 valence electrons. The Bertz CT molecular complexity index is 738. The Labute approximate surface area is 168 Å². The van der Waals surface area contributed by atoms with E-state index in [1.165, 1.54) is 55.8 Å². The predicted octanol–water partition coefficient (Wildman–Crippen LogP) is 5.76. The highest BCUT2D eigenvalue weighted by atomic mass is 32.1. The second-order valence-corrected chi connectivity index (χ2v) is 10.7. The molecule has 1 aliphatic heterocycles. The molecule has 1 aliphatic carbocycles. The van der Waals surface area contributed by atoms with Gasteiger partial charge in [0.1, 0.15) is 0 Å². The van der Waals surface area contributed by atoms with Gasteiger partial charge in [0.2, 0.25) is 0 Å². The Morgan fingerprint density at radius 1 is 1.19 bits per heavy atom. The number of piperidine rings is 1. The van der Waals surface area contributed by atoms with Crippen LogP contribution in [0, 0.1) is 16.7 Å². The minimum atomic E-state index is 0.452. The highest BCUT2D eigenvalue weighted by Crippen LogP contribution is 2.59. The van der Waals surface area contributed by atoms with E-state index >= 15 is 0 Å². The van der Waals surface area contributed by atoms with Crippen LogP contribution in [0.2, 0.25) is 0 Å². The lowest BCUT2D eigenvalue weighted by Gasteiger charge is -2.34. The molecule has 2 heterocycles. The number of nitrogens with one attached hydrogen (secondary N) is 1. The largest absolute Gasteiger partial charge is 0.361 e. The van der Waals surface area contributed by atoms with Crippen molar-refractivity contribution in [3.05, 3.63) is 36.5 Å². The molecule has 2 fully saturated rings. The SMILES string of the molecule is CC(C)(C)CCN1CCC2(CC1)CC2CNc1ncc(-c2ccccc2)s1. The molecular formula is C23H33N3S. The maximum atomic E-state index is 4.58. The summed E-state index contributed by atoms with van der Waals surface area (Å²) in [5.74, 6) is 0.839. The molecule has 4 heteroatoms. The molecule has 1 aromatic carbocycles. The van der Waals surface area contributed by atoms with Crippen molar-refractivity contribution >= 4 is 16.5 Å². The predicted molar refractivity (Wildman–Crippen MR) is 116 cm³/mol. The van der Waals surface area contributed by atoms with E-state index < -0.39 is 0 Å². The number of thiazole rings is 1. The lowest BCUT2D eigenvalue weighted by atomic mass is 9.88. The first-order chi connectivity index (χ1) is 12.9. The molecule has 1 saturated carbocycles. The maximum Gasteiger partial charge on any atom is 0.183 e. The summed E-state index contributed by atoms with van der Waals surface area (Å²) in [5.41, 5.74) is 2.34. The topological polar surface area (TPSA) is 28.2 Å². The summed E-state index contributed by atoms with van der Waals surface area (Å²) in [7, 11) is 0. The van der Waals surface area contributed by atoms with Crippen molar-refractivity contribution in [1.29, 1.82) is 0 Å². The molecule has 3 nitrogen and oxygen atoms in total. The van der Waals surface area contributed by atoms with E-state index in [2.05, 4.69) is 66.3 Å². The third-order valence-corrected chi connectivity index (χ3v) is 7.46. The molecule has 1 atom stereocenters. The van der Waals surface area contributed by atoms with Gasteiger partial charge in [0.05, 0.1) is 4.88 Å². The second-order valence-electron chi connectivity index (χ2n) is 9.69. The van der Waals surface area contributed by atoms with Crippen molar-refractivity contribution in [3.63, 3.8) is 0 Å². The number of nitrogens with zero attached hydrogens (tertiary/aromatic N) is 2. The molecule has 0 radical (unpaired) electrons. The monoisotopic (exact) mass is 383 g/mol. The smallest absolute Gasteiger partial charge is 0.183 e. The van der Waals surface area contributed by atoms with Crippen molar-refractivity contribution < 1.29 is 0 Å². The van der Waals surface area contributed by atoms with Crippen LogP contribution < -0.4 is 5.32 Å². The van der Waals surface area contributed by atoms with E-state index in [9.17, 15) is 0 Å². The second kappa shape index (κ2) is 7.56. The molecule has 1 spiro atoms. The summed E-state index contributed by atoms with van der Waals surface area (Å²) in [5, 5.41) is 4.69. The van der Waals surface area contributed by atoms with Crippen LogP contribution in [0.3, 0.4) is 0 Å². The fraction of sp³-hybridized carbons (Fsp3) is 0.609. The van der Waals surface area contributed by atoms with Gasteiger partial charge in [0, 0.05) is 12.7 Å². The van der Waals surface area contributed by atoms with E-state index in [0.717, 1.165) is 17.6 Å². The Balaban J connectivity index is 1.22. The van der Waals surface area contributed by atoms with Crippen molar-refractivity contribution in [2.45, 2.75) is 46.5 Å². The first kappa shape index (κ1) is 18.9. The summed E-state index contributed by atoms with van der Waals surface area (Å²) < 4.78 is 0. The average molecular weight is 384 g/mol. The Hall–Kier alpha value is -1.39. The van der Waals surface area contributed by atoms with E-state index in [-0.39, 0.29) is 0 Å². The maximum absolute atomic E-state index is 4.58. The van der Waals surface area contributed by atoms with Crippen LogP contribution in [-0.2, 0) is 0 Å². The van der Waals surface area contributed by atoms with Gasteiger partial charge < -0.3 is 10.2 Å². The molecular weight excluding hydrogens is 350 g/mol. The Morgan fingerprint density at radius 2 is 1.93 bits per heavy atom. The van der Waals surface area contributed by atoms with Gasteiger partial charge in [0.25, 0.3) is 0 Å². The zero-order chi connectivity index (χ0) is 18.9. The number of hydrogen-bond donors (Lipinski definition) is 1. The van der Waals surface area contributed by atoms with Gasteiger partial charge in [-0.25, -0.2) is 4.98 Å². The first-order valence-corrected chi connectivity index (χ1v) is 11.2. The van der Waals surface area contributed by atoms with Gasteiger partial charge in [-0.05, 0) is 67.6 Å². The minimum Gasteiger partial charge on any atom is -0.361 e. The number of benzene rings is 1. The van der Waals surface area contributed by atoms with Gasteiger partial charge in [-0.2, -0.15) is 0 Å². The average Bonchev–Trinajstić information content (AvgIpc) is 3.11.